The molecule has 1 atom stereocenters. The molecule has 0 radical (unpaired) electrons. The van der Waals surface area contributed by atoms with Gasteiger partial charge in [-0.2, -0.15) is 0 Å². The van der Waals surface area contributed by atoms with E-state index in [0.29, 0.717) is 0 Å². The molecule has 4 nitrogen and oxygen atoms in total. The number of H-pyrrole nitrogens is 1. The van der Waals surface area contributed by atoms with E-state index in [1.807, 2.05) is 31.5 Å². The number of benzene rings is 2. The quantitative estimate of drug-likeness (QED) is 0.468. The summed E-state index contributed by atoms with van der Waals surface area (Å²) in [5.74, 6) is 0.814. The van der Waals surface area contributed by atoms with E-state index in [9.17, 15) is 4.79 Å². The monoisotopic (exact) mass is 414 g/mol. The van der Waals surface area contributed by atoms with Crippen LogP contribution in [0.3, 0.4) is 0 Å². The molecule has 2 heterocycles. The molecule has 0 saturated heterocycles. The highest BCUT2D eigenvalue weighted by Gasteiger charge is 2.18. The molecule has 0 aliphatic rings. The molecule has 0 spiro atoms. The van der Waals surface area contributed by atoms with Gasteiger partial charge in [0.15, 0.2) is 0 Å². The highest BCUT2D eigenvalue weighted by molar-refractivity contribution is 7.17. The second-order valence-corrected chi connectivity index (χ2v) is 7.69. The second-order valence-electron chi connectivity index (χ2n) is 6.77. The Balaban J connectivity index is 0.00000225. The van der Waals surface area contributed by atoms with Gasteiger partial charge in [-0.25, -0.2) is 0 Å². The lowest BCUT2D eigenvalue weighted by Crippen LogP contribution is -2.11. The third-order valence-corrected chi connectivity index (χ3v) is 6.13. The number of hydrogen-bond donors (Lipinski definition) is 2. The summed E-state index contributed by atoms with van der Waals surface area (Å²) in [6.45, 7) is 4.14. The van der Waals surface area contributed by atoms with Gasteiger partial charge in [0.2, 0.25) is 0 Å². The number of ether oxygens (including phenoxy) is 1. The Labute approximate surface area is 174 Å². The number of methoxy groups -OCH3 is 1. The zero-order valence-electron chi connectivity index (χ0n) is 16.3. The van der Waals surface area contributed by atoms with Gasteiger partial charge in [-0.05, 0) is 55.1 Å². The van der Waals surface area contributed by atoms with Crippen LogP contribution in [0.4, 0.5) is 0 Å². The summed E-state index contributed by atoms with van der Waals surface area (Å²) in [6, 6.07) is 12.8. The number of aryl methyl sites for hydroxylation is 1. The fourth-order valence-corrected chi connectivity index (χ4v) is 4.42. The van der Waals surface area contributed by atoms with E-state index in [-0.39, 0.29) is 24.0 Å². The Bertz CT molecular complexity index is 1200. The summed E-state index contributed by atoms with van der Waals surface area (Å²) in [5.41, 5.74) is 5.14. The third kappa shape index (κ3) is 3.20. The smallest absolute Gasteiger partial charge is 0.266 e. The van der Waals surface area contributed by atoms with E-state index in [2.05, 4.69) is 41.5 Å². The van der Waals surface area contributed by atoms with E-state index in [1.54, 1.807) is 7.11 Å². The minimum Gasteiger partial charge on any atom is -0.496 e. The van der Waals surface area contributed by atoms with Crippen LogP contribution in [-0.4, -0.2) is 19.1 Å². The Kier molecular flexibility index (Phi) is 5.79. The number of pyridine rings is 1. The maximum atomic E-state index is 12.5. The topological polar surface area (TPSA) is 54.1 Å². The Morgan fingerprint density at radius 3 is 2.54 bits per heavy atom. The number of fused-ring (bicyclic) bond motifs is 3. The molecular formula is C22H23ClN2O2S. The lowest BCUT2D eigenvalue weighted by molar-refractivity contribution is 0.416. The van der Waals surface area contributed by atoms with Crippen LogP contribution in [0.15, 0.2) is 46.6 Å². The van der Waals surface area contributed by atoms with Crippen LogP contribution in [0.25, 0.3) is 32.1 Å². The maximum absolute atomic E-state index is 12.5. The molecule has 146 valence electrons. The van der Waals surface area contributed by atoms with E-state index < -0.39 is 0 Å². The largest absolute Gasteiger partial charge is 0.496 e. The fourth-order valence-electron chi connectivity index (χ4n) is 3.62. The van der Waals surface area contributed by atoms with Gasteiger partial charge in [0.1, 0.15) is 10.4 Å². The second kappa shape index (κ2) is 7.95. The molecule has 4 aromatic rings. The highest BCUT2D eigenvalue weighted by Crippen LogP contribution is 2.41. The summed E-state index contributed by atoms with van der Waals surface area (Å²) < 4.78 is 6.49. The zero-order valence-corrected chi connectivity index (χ0v) is 17.9. The van der Waals surface area contributed by atoms with Crippen molar-refractivity contribution in [1.29, 1.82) is 0 Å². The van der Waals surface area contributed by atoms with Crippen LogP contribution in [0.2, 0.25) is 0 Å². The van der Waals surface area contributed by atoms with Crippen LogP contribution < -0.4 is 15.6 Å². The van der Waals surface area contributed by atoms with Gasteiger partial charge >= 0.3 is 0 Å². The van der Waals surface area contributed by atoms with Crippen molar-refractivity contribution in [3.63, 3.8) is 0 Å². The first-order valence-electron chi connectivity index (χ1n) is 8.93. The molecule has 28 heavy (non-hydrogen) atoms. The van der Waals surface area contributed by atoms with Gasteiger partial charge in [0, 0.05) is 22.4 Å². The maximum Gasteiger partial charge on any atom is 0.266 e. The lowest BCUT2D eigenvalue weighted by Gasteiger charge is -2.17. The van der Waals surface area contributed by atoms with Gasteiger partial charge in [-0.1, -0.05) is 24.3 Å². The molecule has 0 fully saturated rings. The fraction of sp³-hybridized carbons (Fsp3) is 0.227. The highest BCUT2D eigenvalue weighted by atomic mass is 35.5. The van der Waals surface area contributed by atoms with E-state index in [4.69, 9.17) is 4.74 Å². The Morgan fingerprint density at radius 1 is 1.18 bits per heavy atom. The molecule has 0 aliphatic carbocycles. The summed E-state index contributed by atoms with van der Waals surface area (Å²) in [5, 5.41) is 7.25. The van der Waals surface area contributed by atoms with Crippen LogP contribution in [0, 0.1) is 6.92 Å². The van der Waals surface area contributed by atoms with Crippen molar-refractivity contribution in [3.8, 4) is 16.9 Å². The molecule has 0 aliphatic heterocycles. The van der Waals surface area contributed by atoms with Gasteiger partial charge in [-0.15, -0.1) is 23.7 Å². The Morgan fingerprint density at radius 2 is 1.89 bits per heavy atom. The summed E-state index contributed by atoms with van der Waals surface area (Å²) in [4.78, 5) is 15.6. The molecule has 0 saturated carbocycles. The number of halogens is 1. The molecule has 4 rings (SSSR count). The van der Waals surface area contributed by atoms with Crippen LogP contribution in [0.5, 0.6) is 5.75 Å². The third-order valence-electron chi connectivity index (χ3n) is 5.22. The summed E-state index contributed by atoms with van der Waals surface area (Å²) in [7, 11) is 3.65. The molecule has 1 unspecified atom stereocenters. The molecule has 6 heteroatoms. The average Bonchev–Trinajstić information content (AvgIpc) is 3.18. The first kappa shape index (κ1) is 20.4. The number of rotatable bonds is 4. The number of hydrogen-bond acceptors (Lipinski definition) is 4. The van der Waals surface area contributed by atoms with Crippen molar-refractivity contribution in [1.82, 2.24) is 10.3 Å². The van der Waals surface area contributed by atoms with Gasteiger partial charge in [-0.3, -0.25) is 4.79 Å². The summed E-state index contributed by atoms with van der Waals surface area (Å²) in [6.07, 6.45) is 0. The van der Waals surface area contributed by atoms with Crippen molar-refractivity contribution in [2.45, 2.75) is 19.9 Å². The van der Waals surface area contributed by atoms with Crippen LogP contribution >= 0.6 is 23.7 Å². The predicted octanol–water partition coefficient (Wildman–Crippen LogP) is 5.43. The molecule has 0 bridgehead atoms. The lowest BCUT2D eigenvalue weighted by atomic mass is 9.94. The van der Waals surface area contributed by atoms with Crippen molar-refractivity contribution >= 4 is 44.7 Å². The zero-order chi connectivity index (χ0) is 19.1. The molecule has 0 amide bonds. The molecule has 2 N–H and O–H groups in total. The van der Waals surface area contributed by atoms with E-state index in [0.717, 1.165) is 43.4 Å². The average molecular weight is 415 g/mol. The number of aromatic nitrogens is 1. The SMILES string of the molecule is CNC(C)c1ccc(-c2c(OC)cc(C)c3[nH]c(=O)c4sccc4c23)cc1.Cl. The molecular weight excluding hydrogens is 392 g/mol. The first-order valence-corrected chi connectivity index (χ1v) is 9.81. The Hall–Kier alpha value is -2.34. The standard InChI is InChI=1S/C22H22N2O2S.ClH/c1-12-11-17(26-4)18(15-7-5-14(6-8-15)13(2)23-3)19-16-9-10-27-21(16)22(25)24-20(12)19;/h5-11,13,23H,1-4H3,(H,24,25);1H. The number of thiophene rings is 1. The first-order chi connectivity index (χ1) is 13.0. The van der Waals surface area contributed by atoms with E-state index >= 15 is 0 Å². The minimum atomic E-state index is -0.0371. The van der Waals surface area contributed by atoms with Crippen molar-refractivity contribution in [3.05, 3.63) is 63.3 Å². The van der Waals surface area contributed by atoms with Crippen LogP contribution in [0.1, 0.15) is 24.1 Å². The predicted molar refractivity (Wildman–Crippen MR) is 121 cm³/mol. The van der Waals surface area contributed by atoms with Crippen molar-refractivity contribution in [2.24, 2.45) is 0 Å². The number of nitrogens with one attached hydrogen (secondary N) is 2. The van der Waals surface area contributed by atoms with Gasteiger partial charge in [0.25, 0.3) is 5.56 Å². The van der Waals surface area contributed by atoms with Crippen molar-refractivity contribution < 1.29 is 4.74 Å². The molecule has 2 aromatic carbocycles. The van der Waals surface area contributed by atoms with Gasteiger partial charge < -0.3 is 15.0 Å². The van der Waals surface area contributed by atoms with Gasteiger partial charge in [0.05, 0.1) is 12.6 Å². The molecule has 2 aromatic heterocycles. The van der Waals surface area contributed by atoms with E-state index in [1.165, 1.54) is 16.9 Å². The number of aromatic amines is 1. The minimum absolute atomic E-state index is 0. The summed E-state index contributed by atoms with van der Waals surface area (Å²) >= 11 is 1.47. The van der Waals surface area contributed by atoms with Crippen LogP contribution in [-0.2, 0) is 0 Å². The van der Waals surface area contributed by atoms with Crippen molar-refractivity contribution in [2.75, 3.05) is 14.2 Å². The normalized spacial score (nSPS) is 12.1.